The van der Waals surface area contributed by atoms with Gasteiger partial charge in [0.1, 0.15) is 23.8 Å². The van der Waals surface area contributed by atoms with E-state index in [0.29, 0.717) is 12.8 Å². The van der Waals surface area contributed by atoms with Crippen molar-refractivity contribution in [1.29, 1.82) is 0 Å². The molecule has 272 valence electrons. The maximum atomic E-state index is 11.9. The molecular weight excluding hydrogens is 627 g/mol. The lowest BCUT2D eigenvalue weighted by Gasteiger charge is -2.47. The van der Waals surface area contributed by atoms with Gasteiger partial charge in [0.05, 0.1) is 12.0 Å². The third-order valence-electron chi connectivity index (χ3n) is 11.7. The smallest absolute Gasteiger partial charge is 0.306 e. The van der Waals surface area contributed by atoms with E-state index in [9.17, 15) is 9.90 Å². The molecule has 51 heavy (non-hydrogen) atoms. The summed E-state index contributed by atoms with van der Waals surface area (Å²) in [6.07, 6.45) is 17.8. The largest absolute Gasteiger partial charge is 0.481 e. The Hall–Kier alpha value is -4.12. The molecule has 5 heteroatoms. The predicted molar refractivity (Wildman–Crippen MR) is 211 cm³/mol. The van der Waals surface area contributed by atoms with Gasteiger partial charge in [-0.25, -0.2) is 12.2 Å². The lowest BCUT2D eigenvalue weighted by molar-refractivity contribution is -0.143. The minimum atomic E-state index is -0.670. The number of carboxylic acid groups (broad SMARTS) is 1. The molecule has 5 nitrogen and oxygen atoms in total. The van der Waals surface area contributed by atoms with Crippen LogP contribution in [0.3, 0.4) is 0 Å². The van der Waals surface area contributed by atoms with Crippen molar-refractivity contribution >= 4 is 19.1 Å². The maximum absolute atomic E-state index is 11.9. The number of piperidine rings is 1. The number of hydrogen-bond donors (Lipinski definition) is 1. The molecule has 3 aliphatic heterocycles. The molecule has 0 radical (unpaired) electrons. The number of likely N-dealkylation sites (tertiary alicyclic amines) is 1. The van der Waals surface area contributed by atoms with Crippen LogP contribution in [0, 0.1) is 37.8 Å². The number of fused-ring (bicyclic) bond motifs is 2. The van der Waals surface area contributed by atoms with Gasteiger partial charge in [-0.2, -0.15) is 24.3 Å². The Labute approximate surface area is 306 Å². The van der Waals surface area contributed by atoms with Gasteiger partial charge in [0.2, 0.25) is 0 Å². The molecule has 1 N–H and O–H groups in total. The van der Waals surface area contributed by atoms with Crippen molar-refractivity contribution < 1.29 is 9.90 Å². The van der Waals surface area contributed by atoms with E-state index in [1.165, 1.54) is 51.1 Å². The highest BCUT2D eigenvalue weighted by molar-refractivity contribution is 5.70. The Kier molecular flexibility index (Phi) is 10.7. The molecular formula is C46H58N3O2-3. The number of carboxylic acids is 1. The SMILES string of the molecule is C=c1ccc2c(c1)C(C)(C)[C-](C=C[C-]1CCCC(/C=C/[C-]3[N+](CCC[CH2-])=c4ccc(=C)cc4C3(C)C)=C1N1CCC(C(=O)O)CC1)[N+]=2CCC[CH2-]. The van der Waals surface area contributed by atoms with Crippen LogP contribution in [0.1, 0.15) is 96.6 Å². The number of unbranched alkanes of at least 4 members (excludes halogenated alkanes) is 2. The minimum absolute atomic E-state index is 0.159. The van der Waals surface area contributed by atoms with E-state index in [2.05, 4.69) is 129 Å². The number of benzene rings is 2. The summed E-state index contributed by atoms with van der Waals surface area (Å²) in [5.74, 6) is 0.402. The number of aliphatic carboxylic acids is 1. The molecule has 4 aliphatic rings. The fourth-order valence-corrected chi connectivity index (χ4v) is 8.82. The molecule has 0 saturated carbocycles. The normalized spacial score (nSPS) is 20.4. The van der Waals surface area contributed by atoms with Gasteiger partial charge >= 0.3 is 5.97 Å². The Balaban J connectivity index is 1.40. The molecule has 1 fully saturated rings. The van der Waals surface area contributed by atoms with Gasteiger partial charge in [-0.15, -0.1) is 6.08 Å². The molecule has 0 spiro atoms. The second-order valence-corrected chi connectivity index (χ2v) is 16.0. The van der Waals surface area contributed by atoms with E-state index in [1.807, 2.05) is 0 Å². The predicted octanol–water partition coefficient (Wildman–Crippen LogP) is 5.99. The average molecular weight is 685 g/mol. The molecule has 2 aromatic rings. The Morgan fingerprint density at radius 1 is 0.882 bits per heavy atom. The molecule has 3 heterocycles. The lowest BCUT2D eigenvalue weighted by Crippen LogP contribution is -2.38. The molecule has 0 amide bonds. The van der Waals surface area contributed by atoms with Crippen LogP contribution in [0.5, 0.6) is 0 Å². The molecule has 0 aromatic heterocycles. The van der Waals surface area contributed by atoms with E-state index in [0.717, 1.165) is 81.6 Å². The van der Waals surface area contributed by atoms with Crippen molar-refractivity contribution in [2.24, 2.45) is 5.92 Å². The quantitative estimate of drug-likeness (QED) is 0.221. The number of rotatable bonds is 12. The van der Waals surface area contributed by atoms with Gasteiger partial charge in [0, 0.05) is 30.0 Å². The van der Waals surface area contributed by atoms with Crippen molar-refractivity contribution in [3.8, 4) is 0 Å². The second-order valence-electron chi connectivity index (χ2n) is 16.0. The first-order valence-corrected chi connectivity index (χ1v) is 19.1. The average Bonchev–Trinajstić information content (AvgIpc) is 3.44. The number of allylic oxidation sites excluding steroid dienone is 3. The first-order valence-electron chi connectivity index (χ1n) is 19.1. The highest BCUT2D eigenvalue weighted by Crippen LogP contribution is 2.42. The zero-order valence-electron chi connectivity index (χ0n) is 31.6. The summed E-state index contributed by atoms with van der Waals surface area (Å²) < 4.78 is 4.99. The van der Waals surface area contributed by atoms with Gasteiger partial charge in [0.25, 0.3) is 0 Å². The minimum Gasteiger partial charge on any atom is -0.481 e. The summed E-state index contributed by atoms with van der Waals surface area (Å²) in [6, 6.07) is 15.8. The van der Waals surface area contributed by atoms with E-state index in [4.69, 9.17) is 0 Å². The van der Waals surface area contributed by atoms with Crippen molar-refractivity contribution in [1.82, 2.24) is 14.1 Å². The Morgan fingerprint density at radius 3 is 1.92 bits per heavy atom. The Bertz CT molecular complexity index is 1960. The van der Waals surface area contributed by atoms with Crippen LogP contribution < -0.4 is 30.3 Å². The highest BCUT2D eigenvalue weighted by Gasteiger charge is 2.40. The number of carbonyl (C=O) groups is 1. The van der Waals surface area contributed by atoms with Crippen molar-refractivity contribution in [2.75, 3.05) is 26.2 Å². The standard InChI is InChI=1S/C46H58N3O2/c1-9-11-26-48-39-20-16-32(3)30-37(39)45(5,6)41(48)22-18-34-14-13-15-35(43(34)47-28-24-36(25-29-47)44(50)51)19-23-42-46(7,8)38-31-33(4)17-21-40(38)49(42)27-12-10-2/h16-23,30-31,36H,1-4,9-15,24-29H2,5-8H3,(H,50,51)/q-3/b22-18+,23-19?. The van der Waals surface area contributed by atoms with E-state index >= 15 is 0 Å². The Morgan fingerprint density at radius 2 is 1.41 bits per heavy atom. The van der Waals surface area contributed by atoms with Gasteiger partial charge in [-0.05, 0) is 59.4 Å². The van der Waals surface area contributed by atoms with Gasteiger partial charge in [-0.1, -0.05) is 90.1 Å². The third kappa shape index (κ3) is 7.06. The first kappa shape index (κ1) is 36.7. The summed E-state index contributed by atoms with van der Waals surface area (Å²) in [5.41, 5.74) is 4.98. The van der Waals surface area contributed by atoms with Crippen LogP contribution in [0.4, 0.5) is 0 Å². The summed E-state index contributed by atoms with van der Waals surface area (Å²) in [7, 11) is 0. The summed E-state index contributed by atoms with van der Waals surface area (Å²) >= 11 is 0. The number of hydrogen-bond acceptors (Lipinski definition) is 2. The molecule has 1 saturated heterocycles. The van der Waals surface area contributed by atoms with E-state index < -0.39 is 5.97 Å². The van der Waals surface area contributed by atoms with Crippen LogP contribution in [0.2, 0.25) is 0 Å². The molecule has 2 aromatic carbocycles. The molecule has 6 rings (SSSR count). The summed E-state index contributed by atoms with van der Waals surface area (Å²) in [4.78, 5) is 14.4. The van der Waals surface area contributed by atoms with Crippen molar-refractivity contribution in [2.45, 2.75) is 96.3 Å². The van der Waals surface area contributed by atoms with Gasteiger partial charge in [0.15, 0.2) is 0 Å². The summed E-state index contributed by atoms with van der Waals surface area (Å²) in [6.45, 7) is 29.5. The van der Waals surface area contributed by atoms with E-state index in [-0.39, 0.29) is 16.7 Å². The van der Waals surface area contributed by atoms with Crippen LogP contribution in [0.25, 0.3) is 13.2 Å². The van der Waals surface area contributed by atoms with Gasteiger partial charge < -0.3 is 33.0 Å². The highest BCUT2D eigenvalue weighted by atomic mass is 16.4. The summed E-state index contributed by atoms with van der Waals surface area (Å²) in [5, 5.41) is 14.4. The molecule has 0 atom stereocenters. The van der Waals surface area contributed by atoms with Crippen LogP contribution in [0.15, 0.2) is 72.0 Å². The third-order valence-corrected chi connectivity index (χ3v) is 11.7. The van der Waals surface area contributed by atoms with Gasteiger partial charge in [-0.3, -0.25) is 10.9 Å². The van der Waals surface area contributed by atoms with Crippen LogP contribution >= 0.6 is 0 Å². The maximum Gasteiger partial charge on any atom is 0.306 e. The van der Waals surface area contributed by atoms with Crippen molar-refractivity contribution in [3.63, 3.8) is 0 Å². The van der Waals surface area contributed by atoms with Crippen LogP contribution in [-0.2, 0) is 15.6 Å². The van der Waals surface area contributed by atoms with Crippen LogP contribution in [-0.4, -0.2) is 42.2 Å². The fourth-order valence-electron chi connectivity index (χ4n) is 8.82. The topological polar surface area (TPSA) is 46.6 Å². The fraction of sp³-hybridized carbons (Fsp3) is 0.435. The molecule has 0 unspecified atom stereocenters. The van der Waals surface area contributed by atoms with E-state index in [1.54, 1.807) is 0 Å². The molecule has 0 bridgehead atoms. The first-order chi connectivity index (χ1) is 24.4. The lowest BCUT2D eigenvalue weighted by atomic mass is 9.77. The zero-order chi connectivity index (χ0) is 36.5. The number of nitrogens with zero attached hydrogens (tertiary/aromatic N) is 3. The molecule has 1 aliphatic carbocycles. The van der Waals surface area contributed by atoms with Crippen molar-refractivity contribution in [3.05, 3.63) is 136 Å². The monoisotopic (exact) mass is 684 g/mol. The zero-order valence-corrected chi connectivity index (χ0v) is 31.6. The second kappa shape index (κ2) is 14.9.